The molecule has 1 fully saturated rings. The fourth-order valence-corrected chi connectivity index (χ4v) is 6.12. The van der Waals surface area contributed by atoms with Gasteiger partial charge in [-0.1, -0.05) is 6.42 Å². The molecule has 1 atom stereocenters. The summed E-state index contributed by atoms with van der Waals surface area (Å²) in [6, 6.07) is 1.70. The molecule has 1 aliphatic rings. The molecule has 1 aromatic heterocycles. The Morgan fingerprint density at radius 2 is 2.21 bits per heavy atom. The first-order valence-electron chi connectivity index (χ1n) is 5.89. The normalized spacial score (nSPS) is 21.6. The molecular formula is C11H13BrN2O3S2. The molecule has 0 amide bonds. The lowest BCUT2D eigenvalue weighted by molar-refractivity contribution is 0.331. The number of rotatable bonds is 3. The predicted octanol–water partition coefficient (Wildman–Crippen LogP) is 2.74. The van der Waals surface area contributed by atoms with Crippen LogP contribution in [0.1, 0.15) is 25.7 Å². The highest BCUT2D eigenvalue weighted by atomic mass is 79.9. The van der Waals surface area contributed by atoms with Crippen LogP contribution in [0.15, 0.2) is 25.1 Å². The molecule has 0 radical (unpaired) electrons. The van der Waals surface area contributed by atoms with Crippen LogP contribution in [0, 0.1) is 0 Å². The Balaban J connectivity index is 2.41. The molecule has 19 heavy (non-hydrogen) atoms. The number of thiophene rings is 1. The summed E-state index contributed by atoms with van der Waals surface area (Å²) in [4.78, 5) is 14.2. The van der Waals surface area contributed by atoms with Gasteiger partial charge in [0.15, 0.2) is 0 Å². The van der Waals surface area contributed by atoms with Gasteiger partial charge < -0.3 is 0 Å². The number of hydrogen-bond acceptors (Lipinski definition) is 5. The van der Waals surface area contributed by atoms with Crippen molar-refractivity contribution >= 4 is 43.4 Å². The van der Waals surface area contributed by atoms with Crippen LogP contribution in [0.2, 0.25) is 0 Å². The average Bonchev–Trinajstić information content (AvgIpc) is 2.66. The minimum atomic E-state index is -3.61. The fourth-order valence-electron chi connectivity index (χ4n) is 2.10. The molecule has 0 bridgehead atoms. The molecule has 1 aromatic rings. The zero-order chi connectivity index (χ0) is 13.9. The van der Waals surface area contributed by atoms with Gasteiger partial charge in [0.2, 0.25) is 6.08 Å². The molecule has 1 aliphatic heterocycles. The SMILES string of the molecule is O=C=NC1CCCCCN1S(=O)(=O)c1sccc1Br. The number of sulfonamides is 1. The fraction of sp³-hybridized carbons (Fsp3) is 0.545. The number of carbonyl (C=O) groups excluding carboxylic acids is 1. The van der Waals surface area contributed by atoms with Crippen molar-refractivity contribution < 1.29 is 13.2 Å². The van der Waals surface area contributed by atoms with Crippen LogP contribution >= 0.6 is 27.3 Å². The summed E-state index contributed by atoms with van der Waals surface area (Å²) in [5.74, 6) is 0. The van der Waals surface area contributed by atoms with Gasteiger partial charge in [0.25, 0.3) is 10.0 Å². The first kappa shape index (κ1) is 14.9. The van der Waals surface area contributed by atoms with Gasteiger partial charge in [0.1, 0.15) is 10.4 Å². The van der Waals surface area contributed by atoms with Gasteiger partial charge in [0.05, 0.1) is 0 Å². The molecule has 2 heterocycles. The summed E-state index contributed by atoms with van der Waals surface area (Å²) in [5.41, 5.74) is 0. The Hall–Kier alpha value is -0.530. The van der Waals surface area contributed by atoms with E-state index in [4.69, 9.17) is 0 Å². The molecular weight excluding hydrogens is 352 g/mol. The molecule has 0 aliphatic carbocycles. The molecule has 8 heteroatoms. The molecule has 0 spiro atoms. The van der Waals surface area contributed by atoms with Crippen molar-refractivity contribution in [1.82, 2.24) is 4.31 Å². The first-order valence-corrected chi connectivity index (χ1v) is 9.00. The van der Waals surface area contributed by atoms with Crippen LogP contribution in [0.3, 0.4) is 0 Å². The third-order valence-corrected chi connectivity index (χ3v) is 7.55. The van der Waals surface area contributed by atoms with Crippen molar-refractivity contribution in [2.45, 2.75) is 36.1 Å². The minimum absolute atomic E-state index is 0.264. The summed E-state index contributed by atoms with van der Waals surface area (Å²) >= 11 is 4.40. The van der Waals surface area contributed by atoms with E-state index >= 15 is 0 Å². The Labute approximate surface area is 124 Å². The molecule has 104 valence electrons. The van der Waals surface area contributed by atoms with Gasteiger partial charge in [-0.05, 0) is 46.6 Å². The second-order valence-electron chi connectivity index (χ2n) is 4.22. The molecule has 0 saturated carbocycles. The van der Waals surface area contributed by atoms with Gasteiger partial charge in [-0.15, -0.1) is 11.3 Å². The van der Waals surface area contributed by atoms with Gasteiger partial charge in [-0.2, -0.15) is 9.30 Å². The van der Waals surface area contributed by atoms with Crippen LogP contribution in [-0.4, -0.2) is 31.5 Å². The van der Waals surface area contributed by atoms with Crippen molar-refractivity contribution in [2.75, 3.05) is 6.54 Å². The van der Waals surface area contributed by atoms with E-state index in [1.54, 1.807) is 11.4 Å². The Kier molecular flexibility index (Phi) is 4.92. The van der Waals surface area contributed by atoms with E-state index in [0.29, 0.717) is 17.4 Å². The lowest BCUT2D eigenvalue weighted by Gasteiger charge is -2.24. The van der Waals surface area contributed by atoms with Gasteiger partial charge in [-0.25, -0.2) is 13.2 Å². The topological polar surface area (TPSA) is 66.8 Å². The van der Waals surface area contributed by atoms with Gasteiger partial charge >= 0.3 is 0 Å². The second-order valence-corrected chi connectivity index (χ2v) is 8.08. The van der Waals surface area contributed by atoms with E-state index in [9.17, 15) is 13.2 Å². The summed E-state index contributed by atoms with van der Waals surface area (Å²) in [7, 11) is -3.61. The van der Waals surface area contributed by atoms with Crippen molar-refractivity contribution in [3.05, 3.63) is 15.9 Å². The number of isocyanates is 1. The quantitative estimate of drug-likeness (QED) is 0.611. The first-order chi connectivity index (χ1) is 9.07. The Morgan fingerprint density at radius 3 is 2.84 bits per heavy atom. The zero-order valence-corrected chi connectivity index (χ0v) is 13.3. The third-order valence-electron chi connectivity index (χ3n) is 3.00. The lowest BCUT2D eigenvalue weighted by Crippen LogP contribution is -2.38. The minimum Gasteiger partial charge on any atom is -0.211 e. The van der Waals surface area contributed by atoms with Crippen molar-refractivity contribution in [3.63, 3.8) is 0 Å². The maximum absolute atomic E-state index is 12.6. The maximum Gasteiger partial charge on any atom is 0.255 e. The smallest absolute Gasteiger partial charge is 0.211 e. The van der Waals surface area contributed by atoms with Gasteiger partial charge in [-0.3, -0.25) is 0 Å². The van der Waals surface area contributed by atoms with Crippen molar-refractivity contribution in [3.8, 4) is 0 Å². The van der Waals surface area contributed by atoms with E-state index < -0.39 is 16.2 Å². The summed E-state index contributed by atoms with van der Waals surface area (Å²) in [5, 5.41) is 1.72. The number of aliphatic imine (C=N–C) groups is 1. The maximum atomic E-state index is 12.6. The molecule has 0 N–H and O–H groups in total. The van der Waals surface area contributed by atoms with Crippen LogP contribution in [0.4, 0.5) is 0 Å². The monoisotopic (exact) mass is 364 g/mol. The molecule has 2 rings (SSSR count). The Morgan fingerprint density at radius 1 is 1.42 bits per heavy atom. The van der Waals surface area contributed by atoms with Crippen LogP contribution in [-0.2, 0) is 14.8 Å². The number of nitrogens with zero attached hydrogens (tertiary/aromatic N) is 2. The summed E-state index contributed by atoms with van der Waals surface area (Å²) < 4.78 is 27.4. The largest absolute Gasteiger partial charge is 0.255 e. The van der Waals surface area contributed by atoms with Crippen molar-refractivity contribution in [2.24, 2.45) is 4.99 Å². The predicted molar refractivity (Wildman–Crippen MR) is 76.3 cm³/mol. The number of hydrogen-bond donors (Lipinski definition) is 0. The molecule has 1 saturated heterocycles. The van der Waals surface area contributed by atoms with Crippen LogP contribution in [0.25, 0.3) is 0 Å². The van der Waals surface area contributed by atoms with E-state index in [1.807, 2.05) is 0 Å². The highest BCUT2D eigenvalue weighted by molar-refractivity contribution is 9.10. The van der Waals surface area contributed by atoms with E-state index in [2.05, 4.69) is 20.9 Å². The third kappa shape index (κ3) is 3.14. The van der Waals surface area contributed by atoms with E-state index in [0.717, 1.165) is 30.6 Å². The van der Waals surface area contributed by atoms with Crippen molar-refractivity contribution in [1.29, 1.82) is 0 Å². The van der Waals surface area contributed by atoms with Gasteiger partial charge in [0, 0.05) is 11.0 Å². The van der Waals surface area contributed by atoms with Crippen LogP contribution < -0.4 is 0 Å². The standard InChI is InChI=1S/C11H13BrN2O3S2/c12-9-5-7-18-11(9)19(16,17)14-6-3-1-2-4-10(14)13-8-15/h5,7,10H,1-4,6H2. The highest BCUT2D eigenvalue weighted by Gasteiger charge is 2.34. The molecule has 0 aromatic carbocycles. The summed E-state index contributed by atoms with van der Waals surface area (Å²) in [6.07, 6.45) is 4.03. The Bertz CT molecular complexity index is 593. The molecule has 1 unspecified atom stereocenters. The average molecular weight is 365 g/mol. The summed E-state index contributed by atoms with van der Waals surface area (Å²) in [6.45, 7) is 0.391. The lowest BCUT2D eigenvalue weighted by atomic mass is 10.2. The van der Waals surface area contributed by atoms with E-state index in [-0.39, 0.29) is 4.21 Å². The van der Waals surface area contributed by atoms with Crippen LogP contribution in [0.5, 0.6) is 0 Å². The highest BCUT2D eigenvalue weighted by Crippen LogP contribution is 2.33. The zero-order valence-electron chi connectivity index (χ0n) is 10.1. The second kappa shape index (κ2) is 6.28. The van der Waals surface area contributed by atoms with E-state index in [1.165, 1.54) is 10.4 Å². The number of halogens is 1. The molecule has 5 nitrogen and oxygen atoms in total.